The van der Waals surface area contributed by atoms with Crippen LogP contribution in [0.1, 0.15) is 142 Å². The number of rotatable bonds is 36. The Bertz CT molecular complexity index is 1170. The molecule has 0 saturated heterocycles. The molecule has 2 unspecified atom stereocenters. The molecule has 0 saturated carbocycles. The number of carboxylic acid groups (broad SMARTS) is 1. The quantitative estimate of drug-likeness (QED) is 0.0293. The van der Waals surface area contributed by atoms with Crippen molar-refractivity contribution in [2.75, 3.05) is 41.0 Å². The summed E-state index contributed by atoms with van der Waals surface area (Å²) in [6, 6.07) is -0.629. The Morgan fingerprint density at radius 2 is 1.02 bits per heavy atom. The molecule has 0 rings (SSSR count). The van der Waals surface area contributed by atoms with Crippen LogP contribution in [0.15, 0.2) is 85.1 Å². The molecule has 2 atom stereocenters. The normalized spacial score (nSPS) is 13.8. The molecule has 0 aromatic carbocycles. The van der Waals surface area contributed by atoms with Crippen molar-refractivity contribution in [1.29, 1.82) is 0 Å². The van der Waals surface area contributed by atoms with Gasteiger partial charge in [-0.05, 0) is 57.8 Å². The van der Waals surface area contributed by atoms with Gasteiger partial charge in [-0.1, -0.05) is 150 Å². The van der Waals surface area contributed by atoms with E-state index >= 15 is 0 Å². The molecular formula is C47H78NO7+. The molecular weight excluding hydrogens is 691 g/mol. The van der Waals surface area contributed by atoms with Gasteiger partial charge in [0.15, 0.2) is 12.1 Å². The first-order chi connectivity index (χ1) is 26.6. The maximum absolute atomic E-state index is 12.7. The Balaban J connectivity index is 4.47. The number of likely N-dealkylation sites (N-methyl/N-ethyl adjacent to an activating group) is 1. The van der Waals surface area contributed by atoms with Crippen molar-refractivity contribution in [3.8, 4) is 0 Å². The molecule has 0 spiro atoms. The van der Waals surface area contributed by atoms with Crippen molar-refractivity contribution in [1.82, 2.24) is 0 Å². The zero-order valence-electron chi connectivity index (χ0n) is 35.3. The Labute approximate surface area is 335 Å². The number of quaternary nitrogens is 1. The molecule has 0 aliphatic heterocycles. The number of carboxylic acids is 1. The van der Waals surface area contributed by atoms with Crippen molar-refractivity contribution in [3.05, 3.63) is 85.1 Å². The molecule has 0 aliphatic rings. The monoisotopic (exact) mass is 769 g/mol. The summed E-state index contributed by atoms with van der Waals surface area (Å²) in [6.07, 6.45) is 47.7. The maximum Gasteiger partial charge on any atom is 0.362 e. The Morgan fingerprint density at radius 1 is 0.564 bits per heavy atom. The summed E-state index contributed by atoms with van der Waals surface area (Å²) in [7, 11) is 5.49. The molecule has 8 nitrogen and oxygen atoms in total. The highest BCUT2D eigenvalue weighted by Gasteiger charge is 2.31. The second-order valence-electron chi connectivity index (χ2n) is 15.0. The molecule has 0 aromatic heterocycles. The van der Waals surface area contributed by atoms with Crippen LogP contribution in [0.25, 0.3) is 0 Å². The largest absolute Gasteiger partial charge is 0.477 e. The number of hydrogen-bond acceptors (Lipinski definition) is 6. The van der Waals surface area contributed by atoms with Crippen molar-refractivity contribution in [3.63, 3.8) is 0 Å². The highest BCUT2D eigenvalue weighted by atomic mass is 16.6. The summed E-state index contributed by atoms with van der Waals surface area (Å²) < 4.78 is 17.2. The SMILES string of the molecule is CC/C=C/C=C/C=C/C=C/CCCCCC(=O)OC(COCCC(C(=O)O)[N+](C)(C)C)COC(=O)CCCCCCC/C=C/C=C/C=C/CCCCCCC. The topological polar surface area (TPSA) is 99.1 Å². The zero-order valence-corrected chi connectivity index (χ0v) is 35.3. The van der Waals surface area contributed by atoms with E-state index in [4.69, 9.17) is 14.2 Å². The van der Waals surface area contributed by atoms with Crippen LogP contribution in [0.2, 0.25) is 0 Å². The van der Waals surface area contributed by atoms with E-state index in [0.29, 0.717) is 19.3 Å². The van der Waals surface area contributed by atoms with Crippen LogP contribution in [0.3, 0.4) is 0 Å². The van der Waals surface area contributed by atoms with E-state index in [0.717, 1.165) is 70.6 Å². The number of allylic oxidation sites excluding steroid dienone is 14. The lowest BCUT2D eigenvalue weighted by Gasteiger charge is -2.31. The number of hydrogen-bond donors (Lipinski definition) is 1. The molecule has 0 heterocycles. The van der Waals surface area contributed by atoms with Gasteiger partial charge in [0, 0.05) is 19.3 Å². The van der Waals surface area contributed by atoms with Crippen LogP contribution in [-0.4, -0.2) is 80.6 Å². The number of aliphatic carboxylic acids is 1. The first-order valence-corrected chi connectivity index (χ1v) is 21.2. The molecule has 0 radical (unpaired) electrons. The van der Waals surface area contributed by atoms with E-state index in [1.54, 1.807) is 0 Å². The second kappa shape index (κ2) is 37.4. The van der Waals surface area contributed by atoms with E-state index < -0.39 is 18.1 Å². The van der Waals surface area contributed by atoms with Crippen LogP contribution < -0.4 is 0 Å². The van der Waals surface area contributed by atoms with E-state index in [-0.39, 0.29) is 42.7 Å². The van der Waals surface area contributed by atoms with Crippen molar-refractivity contribution in [2.24, 2.45) is 0 Å². The minimum absolute atomic E-state index is 0.0328. The van der Waals surface area contributed by atoms with Gasteiger partial charge in [0.1, 0.15) is 6.61 Å². The number of esters is 2. The fourth-order valence-corrected chi connectivity index (χ4v) is 5.63. The van der Waals surface area contributed by atoms with Gasteiger partial charge in [-0.15, -0.1) is 0 Å². The highest BCUT2D eigenvalue weighted by Crippen LogP contribution is 2.12. The summed E-state index contributed by atoms with van der Waals surface area (Å²) in [5, 5.41) is 9.60. The predicted octanol–water partition coefficient (Wildman–Crippen LogP) is 11.4. The Kier molecular flexibility index (Phi) is 35.1. The fourth-order valence-electron chi connectivity index (χ4n) is 5.63. The van der Waals surface area contributed by atoms with Gasteiger partial charge in [0.2, 0.25) is 0 Å². The van der Waals surface area contributed by atoms with E-state index in [1.165, 1.54) is 32.1 Å². The summed E-state index contributed by atoms with van der Waals surface area (Å²) in [6.45, 7) is 4.49. The molecule has 0 fully saturated rings. The average Bonchev–Trinajstić information content (AvgIpc) is 3.14. The first kappa shape index (κ1) is 51.5. The van der Waals surface area contributed by atoms with Crippen LogP contribution >= 0.6 is 0 Å². The van der Waals surface area contributed by atoms with Gasteiger partial charge >= 0.3 is 17.9 Å². The predicted molar refractivity (Wildman–Crippen MR) is 229 cm³/mol. The number of carbonyl (C=O) groups is 3. The summed E-state index contributed by atoms with van der Waals surface area (Å²) in [4.78, 5) is 36.9. The van der Waals surface area contributed by atoms with Gasteiger partial charge in [-0.3, -0.25) is 9.59 Å². The lowest BCUT2D eigenvalue weighted by Crippen LogP contribution is -2.50. The summed E-state index contributed by atoms with van der Waals surface area (Å²) >= 11 is 0. The van der Waals surface area contributed by atoms with Gasteiger partial charge in [-0.2, -0.15) is 0 Å². The first-order valence-electron chi connectivity index (χ1n) is 21.2. The average molecular weight is 769 g/mol. The number of unbranched alkanes of at least 4 members (excludes halogenated alkanes) is 13. The van der Waals surface area contributed by atoms with Gasteiger partial charge in [0.05, 0.1) is 34.4 Å². The van der Waals surface area contributed by atoms with Crippen LogP contribution in [-0.2, 0) is 28.6 Å². The third-order valence-electron chi connectivity index (χ3n) is 8.93. The van der Waals surface area contributed by atoms with Gasteiger partial charge in [-0.25, -0.2) is 4.79 Å². The fraction of sp³-hybridized carbons (Fsp3) is 0.638. The minimum atomic E-state index is -0.890. The lowest BCUT2D eigenvalue weighted by molar-refractivity contribution is -0.887. The lowest BCUT2D eigenvalue weighted by atomic mass is 10.1. The number of carbonyl (C=O) groups excluding carboxylic acids is 2. The van der Waals surface area contributed by atoms with Gasteiger partial charge < -0.3 is 23.8 Å². The van der Waals surface area contributed by atoms with Crippen molar-refractivity contribution >= 4 is 17.9 Å². The third kappa shape index (κ3) is 35.9. The van der Waals surface area contributed by atoms with Crippen molar-refractivity contribution < 1.29 is 38.2 Å². The van der Waals surface area contributed by atoms with Crippen LogP contribution in [0.4, 0.5) is 0 Å². The van der Waals surface area contributed by atoms with Crippen molar-refractivity contribution in [2.45, 2.75) is 154 Å². The standard InChI is InChI=1S/C47H77NO7/c1-6-8-10-12-14-16-18-20-21-22-23-24-26-27-29-31-33-35-37-45(49)54-42-43(41-53-40-39-44(47(51)52)48(3,4)5)55-46(50)38-36-34-32-30-28-25-19-17-15-13-11-9-7-2/h9,11,13,15,17-25,28,43-44H,6-8,10,12,14,16,26-27,29-42H2,1-5H3/p+1/b11-9+,15-13+,19-17+,20-18+,22-21+,24-23+,28-25+. The van der Waals surface area contributed by atoms with Gasteiger partial charge in [0.25, 0.3) is 0 Å². The second-order valence-corrected chi connectivity index (χ2v) is 15.0. The molecule has 312 valence electrons. The molecule has 8 heteroatoms. The van der Waals surface area contributed by atoms with E-state index in [1.807, 2.05) is 57.6 Å². The maximum atomic E-state index is 12.7. The molecule has 1 N–H and O–H groups in total. The summed E-state index contributed by atoms with van der Waals surface area (Å²) in [5.41, 5.74) is 0. The zero-order chi connectivity index (χ0) is 40.7. The van der Waals surface area contributed by atoms with Crippen LogP contribution in [0, 0.1) is 0 Å². The molecule has 0 amide bonds. The smallest absolute Gasteiger partial charge is 0.362 e. The Morgan fingerprint density at radius 3 is 1.53 bits per heavy atom. The third-order valence-corrected chi connectivity index (χ3v) is 8.93. The molecule has 0 bridgehead atoms. The van der Waals surface area contributed by atoms with E-state index in [9.17, 15) is 19.5 Å². The minimum Gasteiger partial charge on any atom is -0.477 e. The number of nitrogens with zero attached hydrogens (tertiary/aromatic N) is 1. The molecule has 0 aromatic rings. The number of ether oxygens (including phenoxy) is 3. The molecule has 55 heavy (non-hydrogen) atoms. The van der Waals surface area contributed by atoms with E-state index in [2.05, 4.69) is 62.5 Å². The summed E-state index contributed by atoms with van der Waals surface area (Å²) in [5.74, 6) is -1.56. The molecule has 0 aliphatic carbocycles. The Hall–Kier alpha value is -3.49. The highest BCUT2D eigenvalue weighted by molar-refractivity contribution is 5.72. The van der Waals surface area contributed by atoms with Crippen LogP contribution in [0.5, 0.6) is 0 Å².